The minimum atomic E-state index is -0.352. The van der Waals surface area contributed by atoms with Crippen molar-refractivity contribution in [3.05, 3.63) is 74.4 Å². The Morgan fingerprint density at radius 2 is 1.67 bits per heavy atom. The molecule has 2 aromatic carbocycles. The van der Waals surface area contributed by atoms with Gasteiger partial charge < -0.3 is 4.42 Å². The van der Waals surface area contributed by atoms with Gasteiger partial charge in [-0.3, -0.25) is 0 Å². The lowest BCUT2D eigenvalue weighted by molar-refractivity contribution is 0.519. The van der Waals surface area contributed by atoms with Gasteiger partial charge >= 0.3 is 5.63 Å². The van der Waals surface area contributed by atoms with E-state index in [9.17, 15) is 4.79 Å². The first-order valence-electron chi connectivity index (χ1n) is 7.37. The molecule has 4 rings (SSSR count). The van der Waals surface area contributed by atoms with Crippen LogP contribution in [0.1, 0.15) is 5.56 Å². The zero-order valence-corrected chi connectivity index (χ0v) is 15.1. The molecule has 24 heavy (non-hydrogen) atoms. The van der Waals surface area contributed by atoms with Crippen LogP contribution in [-0.2, 0) is 0 Å². The van der Waals surface area contributed by atoms with Gasteiger partial charge in [0.05, 0.1) is 0 Å². The van der Waals surface area contributed by atoms with E-state index < -0.39 is 0 Å². The molecule has 0 atom stereocenters. The van der Waals surface area contributed by atoms with Crippen LogP contribution in [0.2, 0.25) is 0 Å². The van der Waals surface area contributed by atoms with Crippen LogP contribution < -0.4 is 5.63 Å². The van der Waals surface area contributed by atoms with Gasteiger partial charge in [-0.2, -0.15) is 0 Å². The van der Waals surface area contributed by atoms with Crippen molar-refractivity contribution in [2.75, 3.05) is 0 Å². The third-order valence-electron chi connectivity index (χ3n) is 3.82. The summed E-state index contributed by atoms with van der Waals surface area (Å²) in [6.45, 7) is 2.04. The summed E-state index contributed by atoms with van der Waals surface area (Å²) in [7, 11) is 0. The van der Waals surface area contributed by atoms with Gasteiger partial charge in [0.25, 0.3) is 0 Å². The Morgan fingerprint density at radius 3 is 2.38 bits per heavy atom. The average Bonchev–Trinajstić information content (AvgIpc) is 3.01. The van der Waals surface area contributed by atoms with E-state index in [2.05, 4.69) is 20.9 Å². The molecule has 0 amide bonds. The molecule has 0 aliphatic heterocycles. The number of aryl methyl sites for hydroxylation is 1. The number of rotatable bonds is 2. The molecule has 0 unspecified atom stereocenters. The highest BCUT2D eigenvalue weighted by atomic mass is 79.9. The van der Waals surface area contributed by atoms with Crippen LogP contribution in [-0.4, -0.2) is 4.98 Å². The minimum absolute atomic E-state index is 0.345. The topological polar surface area (TPSA) is 43.1 Å². The summed E-state index contributed by atoms with van der Waals surface area (Å²) in [6, 6.07) is 15.6. The molecular formula is C19H12BrNO2S. The molecule has 0 spiro atoms. The van der Waals surface area contributed by atoms with Gasteiger partial charge in [-0.1, -0.05) is 45.8 Å². The largest absolute Gasteiger partial charge is 0.403 e. The van der Waals surface area contributed by atoms with Crippen LogP contribution in [0.5, 0.6) is 0 Å². The predicted molar refractivity (Wildman–Crippen MR) is 101 cm³/mol. The molecular weight excluding hydrogens is 386 g/mol. The Bertz CT molecular complexity index is 1080. The first-order valence-corrected chi connectivity index (χ1v) is 9.04. The zero-order valence-electron chi connectivity index (χ0n) is 12.7. The van der Waals surface area contributed by atoms with Gasteiger partial charge in [-0.25, -0.2) is 9.78 Å². The molecule has 3 nitrogen and oxygen atoms in total. The highest BCUT2D eigenvalue weighted by Crippen LogP contribution is 2.32. The standard InChI is InChI=1S/C19H12BrNO2S/c1-11-2-4-12(5-3-11)15-10-24-18-16(15)19(22)23-17(21-18)13-6-8-14(20)9-7-13/h2-10H,1H3. The first-order chi connectivity index (χ1) is 11.6. The van der Waals surface area contributed by atoms with Crippen LogP contribution in [0, 0.1) is 6.92 Å². The van der Waals surface area contributed by atoms with Crippen LogP contribution >= 0.6 is 27.3 Å². The lowest BCUT2D eigenvalue weighted by Crippen LogP contribution is -2.02. The number of benzene rings is 2. The smallest absolute Gasteiger partial charge is 0.348 e. The summed E-state index contributed by atoms with van der Waals surface area (Å²) in [5.74, 6) is 0.345. The summed E-state index contributed by atoms with van der Waals surface area (Å²) in [6.07, 6.45) is 0. The van der Waals surface area contributed by atoms with E-state index in [4.69, 9.17) is 4.42 Å². The van der Waals surface area contributed by atoms with E-state index in [1.807, 2.05) is 60.8 Å². The molecule has 0 saturated carbocycles. The van der Waals surface area contributed by atoms with Crippen molar-refractivity contribution in [2.45, 2.75) is 6.92 Å². The van der Waals surface area contributed by atoms with Crippen molar-refractivity contribution >= 4 is 37.5 Å². The van der Waals surface area contributed by atoms with Crippen molar-refractivity contribution < 1.29 is 4.42 Å². The number of halogens is 1. The Balaban J connectivity index is 1.88. The molecule has 0 aliphatic rings. The maximum atomic E-state index is 12.6. The number of hydrogen-bond donors (Lipinski definition) is 0. The maximum absolute atomic E-state index is 12.6. The molecule has 2 heterocycles. The Kier molecular flexibility index (Phi) is 3.82. The summed E-state index contributed by atoms with van der Waals surface area (Å²) in [4.78, 5) is 17.8. The van der Waals surface area contributed by atoms with Crippen LogP contribution in [0.25, 0.3) is 32.8 Å². The monoisotopic (exact) mass is 397 g/mol. The number of thiophene rings is 1. The van der Waals surface area contributed by atoms with Crippen molar-refractivity contribution in [2.24, 2.45) is 0 Å². The van der Waals surface area contributed by atoms with Crippen molar-refractivity contribution in [1.82, 2.24) is 4.98 Å². The second-order valence-corrected chi connectivity index (χ2v) is 7.28. The second-order valence-electron chi connectivity index (χ2n) is 5.51. The fraction of sp³-hybridized carbons (Fsp3) is 0.0526. The molecule has 118 valence electrons. The lowest BCUT2D eigenvalue weighted by atomic mass is 10.1. The summed E-state index contributed by atoms with van der Waals surface area (Å²) >= 11 is 4.85. The highest BCUT2D eigenvalue weighted by molar-refractivity contribution is 9.10. The Morgan fingerprint density at radius 1 is 1.00 bits per heavy atom. The highest BCUT2D eigenvalue weighted by Gasteiger charge is 2.15. The second kappa shape index (κ2) is 6.00. The third-order valence-corrected chi connectivity index (χ3v) is 5.22. The Labute approximate surface area is 150 Å². The van der Waals surface area contributed by atoms with Gasteiger partial charge in [0.2, 0.25) is 5.89 Å². The molecule has 2 aromatic heterocycles. The van der Waals surface area contributed by atoms with E-state index in [1.54, 1.807) is 0 Å². The summed E-state index contributed by atoms with van der Waals surface area (Å²) in [5.41, 5.74) is 3.48. The van der Waals surface area contributed by atoms with Crippen molar-refractivity contribution in [3.8, 4) is 22.6 Å². The van der Waals surface area contributed by atoms with Crippen molar-refractivity contribution in [3.63, 3.8) is 0 Å². The van der Waals surface area contributed by atoms with E-state index >= 15 is 0 Å². The van der Waals surface area contributed by atoms with Gasteiger partial charge in [0, 0.05) is 21.0 Å². The minimum Gasteiger partial charge on any atom is -0.403 e. The zero-order chi connectivity index (χ0) is 16.7. The Hall–Kier alpha value is -2.24. The van der Waals surface area contributed by atoms with Gasteiger partial charge in [-0.15, -0.1) is 11.3 Å². The molecule has 4 aromatic rings. The number of hydrogen-bond acceptors (Lipinski definition) is 4. The van der Waals surface area contributed by atoms with Gasteiger partial charge in [-0.05, 0) is 36.8 Å². The summed E-state index contributed by atoms with van der Waals surface area (Å²) < 4.78 is 6.45. The number of nitrogens with zero attached hydrogens (tertiary/aromatic N) is 1. The van der Waals surface area contributed by atoms with E-state index in [1.165, 1.54) is 16.9 Å². The fourth-order valence-electron chi connectivity index (χ4n) is 2.54. The SMILES string of the molecule is Cc1ccc(-c2csc3nc(-c4ccc(Br)cc4)oc(=O)c23)cc1. The predicted octanol–water partition coefficient (Wildman–Crippen LogP) is 5.65. The molecule has 0 radical (unpaired) electrons. The van der Waals surface area contributed by atoms with E-state index in [0.29, 0.717) is 16.1 Å². The molecule has 0 bridgehead atoms. The maximum Gasteiger partial charge on any atom is 0.348 e. The molecule has 0 fully saturated rings. The normalized spacial score (nSPS) is 11.1. The molecule has 5 heteroatoms. The van der Waals surface area contributed by atoms with Crippen LogP contribution in [0.15, 0.2) is 67.6 Å². The van der Waals surface area contributed by atoms with Gasteiger partial charge in [0.15, 0.2) is 0 Å². The average molecular weight is 398 g/mol. The molecule has 0 N–H and O–H groups in total. The number of fused-ring (bicyclic) bond motifs is 1. The summed E-state index contributed by atoms with van der Waals surface area (Å²) in [5, 5.41) is 2.51. The van der Waals surface area contributed by atoms with E-state index in [-0.39, 0.29) is 5.63 Å². The molecule has 0 aliphatic carbocycles. The van der Waals surface area contributed by atoms with Crippen molar-refractivity contribution in [1.29, 1.82) is 0 Å². The fourth-order valence-corrected chi connectivity index (χ4v) is 3.74. The van der Waals surface area contributed by atoms with Gasteiger partial charge in [0.1, 0.15) is 10.2 Å². The van der Waals surface area contributed by atoms with Crippen LogP contribution in [0.4, 0.5) is 0 Å². The quantitative estimate of drug-likeness (QED) is 0.438. The first kappa shape index (κ1) is 15.3. The van der Waals surface area contributed by atoms with E-state index in [0.717, 1.165) is 21.2 Å². The van der Waals surface area contributed by atoms with Crippen LogP contribution in [0.3, 0.4) is 0 Å². The number of aromatic nitrogens is 1. The molecule has 0 saturated heterocycles. The third kappa shape index (κ3) is 2.70. The lowest BCUT2D eigenvalue weighted by Gasteiger charge is -2.02.